The number of benzene rings is 1. The number of rotatable bonds is 12. The summed E-state index contributed by atoms with van der Waals surface area (Å²) in [4.78, 5) is 53.5. The van der Waals surface area contributed by atoms with E-state index in [-0.39, 0.29) is 29.9 Å². The number of carbonyl (C=O) groups is 4. The van der Waals surface area contributed by atoms with Gasteiger partial charge < -0.3 is 30.1 Å². The van der Waals surface area contributed by atoms with Gasteiger partial charge in [-0.3, -0.25) is 9.59 Å². The Balaban J connectivity index is 1.71. The van der Waals surface area contributed by atoms with Crippen LogP contribution in [0.1, 0.15) is 85.6 Å². The van der Waals surface area contributed by atoms with Crippen molar-refractivity contribution >= 4 is 23.9 Å². The Morgan fingerprint density at radius 3 is 2.30 bits per heavy atom. The Hall–Kier alpha value is -3.14. The van der Waals surface area contributed by atoms with Crippen LogP contribution in [0.3, 0.4) is 0 Å². The van der Waals surface area contributed by atoms with Crippen LogP contribution in [-0.4, -0.2) is 76.9 Å². The largest absolute Gasteiger partial charge is 0.444 e. The molecule has 0 radical (unpaired) electrons. The average Bonchev–Trinajstić information content (AvgIpc) is 3.31. The highest BCUT2D eigenvalue weighted by Crippen LogP contribution is 2.32. The molecule has 10 heteroatoms. The number of hydrogen-bond acceptors (Lipinski definition) is 7. The number of amides is 3. The zero-order valence-corrected chi connectivity index (χ0v) is 26.7. The van der Waals surface area contributed by atoms with E-state index in [9.17, 15) is 24.3 Å². The standard InChI is InChI=1S/C33H51N3O7/c1-22(2)18-27(28(38)20-26(23(3)37)19-25-12-15-34-29(25)39)35-30(40)42-33(21-24-10-8-7-9-11-24)13-16-36(17-14-33)31(41)43-32(4,5)6/h7-11,22-23,25-27,37H,12-21H2,1-6H3,(H,34,39)(H,35,40)/t23?,25-,26+,27-/m0/s1. The summed E-state index contributed by atoms with van der Waals surface area (Å²) in [5, 5.41) is 16.1. The lowest BCUT2D eigenvalue weighted by molar-refractivity contribution is -0.126. The molecule has 2 fully saturated rings. The lowest BCUT2D eigenvalue weighted by atomic mass is 9.84. The van der Waals surface area contributed by atoms with Crippen LogP contribution < -0.4 is 10.6 Å². The predicted molar refractivity (Wildman–Crippen MR) is 163 cm³/mol. The van der Waals surface area contributed by atoms with Gasteiger partial charge in [-0.2, -0.15) is 0 Å². The molecule has 0 bridgehead atoms. The number of hydrogen-bond donors (Lipinski definition) is 3. The maximum atomic E-state index is 13.5. The highest BCUT2D eigenvalue weighted by molar-refractivity contribution is 5.88. The third-order valence-electron chi connectivity index (χ3n) is 8.29. The first kappa shape index (κ1) is 34.4. The molecule has 1 unspecified atom stereocenters. The van der Waals surface area contributed by atoms with Crippen LogP contribution in [0.5, 0.6) is 0 Å². The average molecular weight is 602 g/mol. The second-order valence-electron chi connectivity index (χ2n) is 13.7. The van der Waals surface area contributed by atoms with E-state index in [0.717, 1.165) is 5.56 Å². The number of Topliss-reactive ketones (excluding diaryl/α,β-unsaturated/α-hetero) is 1. The van der Waals surface area contributed by atoms with E-state index in [1.165, 1.54) is 0 Å². The lowest BCUT2D eigenvalue weighted by Gasteiger charge is -2.41. The molecule has 3 N–H and O–H groups in total. The van der Waals surface area contributed by atoms with Gasteiger partial charge in [0, 0.05) is 51.2 Å². The number of carbonyl (C=O) groups excluding carboxylic acids is 4. The van der Waals surface area contributed by atoms with Crippen molar-refractivity contribution in [1.29, 1.82) is 0 Å². The molecule has 3 rings (SSSR count). The summed E-state index contributed by atoms with van der Waals surface area (Å²) < 4.78 is 11.7. The summed E-state index contributed by atoms with van der Waals surface area (Å²) in [5.41, 5.74) is -0.472. The second-order valence-corrected chi connectivity index (χ2v) is 13.7. The smallest absolute Gasteiger partial charge is 0.410 e. The van der Waals surface area contributed by atoms with Gasteiger partial charge in [0.2, 0.25) is 5.91 Å². The van der Waals surface area contributed by atoms with E-state index in [4.69, 9.17) is 9.47 Å². The van der Waals surface area contributed by atoms with E-state index in [1.807, 2.05) is 65.0 Å². The minimum atomic E-state index is -0.868. The molecule has 4 atom stereocenters. The molecule has 0 aliphatic carbocycles. The van der Waals surface area contributed by atoms with Gasteiger partial charge >= 0.3 is 12.2 Å². The molecule has 2 heterocycles. The SMILES string of the molecule is CC(C)C[C@H](NC(=O)OC1(Cc2ccccc2)CCN(C(=O)OC(C)(C)C)CC1)C(=O)C[C@@H](C[C@@H]1CCNC1=O)C(C)O. The van der Waals surface area contributed by atoms with Gasteiger partial charge in [0.05, 0.1) is 12.1 Å². The maximum Gasteiger partial charge on any atom is 0.410 e. The lowest BCUT2D eigenvalue weighted by Crippen LogP contribution is -2.53. The minimum Gasteiger partial charge on any atom is -0.444 e. The summed E-state index contributed by atoms with van der Waals surface area (Å²) in [7, 11) is 0. The maximum absolute atomic E-state index is 13.5. The van der Waals surface area contributed by atoms with Gasteiger partial charge in [0.25, 0.3) is 0 Å². The van der Waals surface area contributed by atoms with E-state index in [2.05, 4.69) is 10.6 Å². The monoisotopic (exact) mass is 601 g/mol. The number of nitrogens with one attached hydrogen (secondary N) is 2. The Morgan fingerprint density at radius 2 is 1.77 bits per heavy atom. The van der Waals surface area contributed by atoms with Crippen molar-refractivity contribution in [2.45, 2.75) is 110 Å². The van der Waals surface area contributed by atoms with Gasteiger partial charge in [-0.25, -0.2) is 9.59 Å². The number of nitrogens with zero attached hydrogens (tertiary/aromatic N) is 1. The van der Waals surface area contributed by atoms with Crippen LogP contribution >= 0.6 is 0 Å². The zero-order chi connectivity index (χ0) is 31.8. The molecule has 43 heavy (non-hydrogen) atoms. The quantitative estimate of drug-likeness (QED) is 0.318. The molecule has 0 saturated carbocycles. The van der Waals surface area contributed by atoms with Crippen LogP contribution in [0.2, 0.25) is 0 Å². The molecular formula is C33H51N3O7. The van der Waals surface area contributed by atoms with Gasteiger partial charge in [0.15, 0.2) is 5.78 Å². The molecule has 2 aliphatic rings. The predicted octanol–water partition coefficient (Wildman–Crippen LogP) is 4.62. The Morgan fingerprint density at radius 1 is 1.12 bits per heavy atom. The van der Waals surface area contributed by atoms with E-state index in [0.29, 0.717) is 58.2 Å². The number of likely N-dealkylation sites (tertiary alicyclic amines) is 1. The van der Waals surface area contributed by atoms with E-state index in [1.54, 1.807) is 11.8 Å². The van der Waals surface area contributed by atoms with Crippen LogP contribution in [0.15, 0.2) is 30.3 Å². The Kier molecular flexibility index (Phi) is 12.0. The molecule has 10 nitrogen and oxygen atoms in total. The molecule has 3 amide bonds. The first-order valence-corrected chi connectivity index (χ1v) is 15.7. The topological polar surface area (TPSA) is 134 Å². The molecule has 2 saturated heterocycles. The summed E-state index contributed by atoms with van der Waals surface area (Å²) in [5.74, 6) is -0.726. The number of ketones is 1. The third-order valence-corrected chi connectivity index (χ3v) is 8.29. The Bertz CT molecular complexity index is 1090. The van der Waals surface area contributed by atoms with E-state index < -0.39 is 41.5 Å². The molecular weight excluding hydrogens is 550 g/mol. The number of alkyl carbamates (subject to hydrolysis) is 1. The van der Waals surface area contributed by atoms with Gasteiger partial charge in [-0.15, -0.1) is 0 Å². The van der Waals surface area contributed by atoms with Crippen molar-refractivity contribution in [2.75, 3.05) is 19.6 Å². The number of piperidine rings is 1. The first-order valence-electron chi connectivity index (χ1n) is 15.7. The summed E-state index contributed by atoms with van der Waals surface area (Å²) >= 11 is 0. The van der Waals surface area contributed by atoms with Crippen molar-refractivity contribution < 1.29 is 33.8 Å². The number of ether oxygens (including phenoxy) is 2. The fraction of sp³-hybridized carbons (Fsp3) is 0.697. The number of aliphatic hydroxyl groups excluding tert-OH is 1. The van der Waals surface area contributed by atoms with Crippen molar-refractivity contribution in [3.8, 4) is 0 Å². The number of aliphatic hydroxyl groups is 1. The molecule has 1 aromatic rings. The molecule has 0 aromatic heterocycles. The van der Waals surface area contributed by atoms with Crippen molar-refractivity contribution in [3.05, 3.63) is 35.9 Å². The van der Waals surface area contributed by atoms with Gasteiger partial charge in [0.1, 0.15) is 11.2 Å². The van der Waals surface area contributed by atoms with Crippen LogP contribution in [0.4, 0.5) is 9.59 Å². The minimum absolute atomic E-state index is 0.0417. The normalized spacial score (nSPS) is 20.6. The summed E-state index contributed by atoms with van der Waals surface area (Å²) in [6.07, 6.45) is 1.05. The summed E-state index contributed by atoms with van der Waals surface area (Å²) in [6, 6.07) is 8.97. The van der Waals surface area contributed by atoms with Crippen molar-refractivity contribution in [2.24, 2.45) is 17.8 Å². The van der Waals surface area contributed by atoms with Crippen LogP contribution in [0.25, 0.3) is 0 Å². The fourth-order valence-electron chi connectivity index (χ4n) is 5.90. The third kappa shape index (κ3) is 10.8. The highest BCUT2D eigenvalue weighted by Gasteiger charge is 2.41. The second kappa shape index (κ2) is 15.0. The highest BCUT2D eigenvalue weighted by atomic mass is 16.6. The fourth-order valence-corrected chi connectivity index (χ4v) is 5.90. The van der Waals surface area contributed by atoms with Gasteiger partial charge in [-0.05, 0) is 64.4 Å². The summed E-state index contributed by atoms with van der Waals surface area (Å²) in [6.45, 7) is 12.4. The molecule has 2 aliphatic heterocycles. The molecule has 240 valence electrons. The zero-order valence-electron chi connectivity index (χ0n) is 26.7. The molecule has 1 aromatic carbocycles. The van der Waals surface area contributed by atoms with E-state index >= 15 is 0 Å². The Labute approximate surface area is 256 Å². The van der Waals surface area contributed by atoms with Crippen LogP contribution in [-0.2, 0) is 25.5 Å². The van der Waals surface area contributed by atoms with Crippen molar-refractivity contribution in [1.82, 2.24) is 15.5 Å². The molecule has 0 spiro atoms. The first-order chi connectivity index (χ1) is 20.2. The van der Waals surface area contributed by atoms with Crippen LogP contribution in [0, 0.1) is 17.8 Å². The van der Waals surface area contributed by atoms with Crippen molar-refractivity contribution in [3.63, 3.8) is 0 Å². The van der Waals surface area contributed by atoms with Gasteiger partial charge in [-0.1, -0.05) is 44.2 Å².